The zero-order valence-corrected chi connectivity index (χ0v) is 22.5. The average Bonchev–Trinajstić information content (AvgIpc) is 2.77. The number of ketones is 1. The molecule has 7 heteroatoms. The molecule has 0 aliphatic heterocycles. The van der Waals surface area contributed by atoms with Gasteiger partial charge in [0.15, 0.2) is 5.78 Å². The summed E-state index contributed by atoms with van der Waals surface area (Å²) in [5.74, 6) is 0.501. The zero-order chi connectivity index (χ0) is 26.1. The van der Waals surface area contributed by atoms with Crippen LogP contribution in [0.5, 0.6) is 5.75 Å². The van der Waals surface area contributed by atoms with Gasteiger partial charge in [-0.3, -0.25) is 9.59 Å². The molecule has 1 fully saturated rings. The highest BCUT2D eigenvalue weighted by Crippen LogP contribution is 2.29. The first-order valence-electron chi connectivity index (χ1n) is 13.3. The fraction of sp³-hybridized carbons (Fsp3) is 0.714. The number of benzene rings is 1. The van der Waals surface area contributed by atoms with Crippen molar-refractivity contribution in [3.8, 4) is 5.75 Å². The maximum atomic E-state index is 13.6. The number of unbranched alkanes of at least 4 members (excludes halogenated alkanes) is 2. The summed E-state index contributed by atoms with van der Waals surface area (Å²) in [5.41, 5.74) is 11.8. The lowest BCUT2D eigenvalue weighted by Crippen LogP contribution is -2.54. The Kier molecular flexibility index (Phi) is 11.0. The third-order valence-electron chi connectivity index (χ3n) is 6.40. The van der Waals surface area contributed by atoms with Crippen LogP contribution in [0.25, 0.3) is 0 Å². The Balaban J connectivity index is 2.26. The highest BCUT2D eigenvalue weighted by molar-refractivity contribution is 6.02. The quantitative estimate of drug-likeness (QED) is 0.297. The zero-order valence-electron chi connectivity index (χ0n) is 22.5. The summed E-state index contributed by atoms with van der Waals surface area (Å²) in [4.78, 5) is 26.8. The van der Waals surface area contributed by atoms with E-state index in [1.165, 1.54) is 19.3 Å². The van der Waals surface area contributed by atoms with Gasteiger partial charge in [-0.15, -0.1) is 0 Å². The van der Waals surface area contributed by atoms with Crippen molar-refractivity contribution < 1.29 is 14.3 Å². The van der Waals surface area contributed by atoms with E-state index in [1.54, 1.807) is 13.8 Å². The van der Waals surface area contributed by atoms with Gasteiger partial charge in [0.2, 0.25) is 0 Å². The van der Waals surface area contributed by atoms with Crippen molar-refractivity contribution in [3.05, 3.63) is 23.8 Å². The third kappa shape index (κ3) is 10.2. The molecule has 0 spiro atoms. The normalized spacial score (nSPS) is 16.0. The molecule has 0 aromatic heterocycles. The van der Waals surface area contributed by atoms with Crippen molar-refractivity contribution in [3.63, 3.8) is 0 Å². The minimum absolute atomic E-state index is 0.135. The Morgan fingerprint density at radius 2 is 1.74 bits per heavy atom. The van der Waals surface area contributed by atoms with Crippen LogP contribution >= 0.6 is 0 Å². The number of carbonyl (C=O) groups is 2. The number of nitrogens with two attached hydrogens (primary N) is 2. The third-order valence-corrected chi connectivity index (χ3v) is 6.40. The van der Waals surface area contributed by atoms with Crippen LogP contribution in [0.1, 0.15) is 103 Å². The molecule has 7 nitrogen and oxygen atoms in total. The lowest BCUT2D eigenvalue weighted by atomic mass is 9.81. The van der Waals surface area contributed by atoms with E-state index in [-0.39, 0.29) is 17.2 Å². The number of ether oxygens (including phenoxy) is 1. The molecule has 198 valence electrons. The second-order valence-electron chi connectivity index (χ2n) is 11.6. The molecular formula is C28H48N4O3. The van der Waals surface area contributed by atoms with Crippen LogP contribution in [-0.2, 0) is 4.79 Å². The molecule has 6 N–H and O–H groups in total. The maximum absolute atomic E-state index is 13.6. The minimum Gasteiger partial charge on any atom is -0.493 e. The first-order chi connectivity index (χ1) is 16.4. The van der Waals surface area contributed by atoms with Gasteiger partial charge in [-0.25, -0.2) is 0 Å². The topological polar surface area (TPSA) is 119 Å². The van der Waals surface area contributed by atoms with Crippen molar-refractivity contribution in [2.45, 2.75) is 110 Å². The molecule has 1 unspecified atom stereocenters. The lowest BCUT2D eigenvalue weighted by molar-refractivity contribution is -0.125. The SMILES string of the molecule is CC(C)(C)Nc1ccc(OCCCCCN)c(C(=O)NC(CC2CCCCC2)C(=O)C(C)(C)N)c1. The van der Waals surface area contributed by atoms with Gasteiger partial charge in [-0.05, 0) is 91.0 Å². The van der Waals surface area contributed by atoms with Gasteiger partial charge in [0.05, 0.1) is 23.8 Å². The number of carbonyl (C=O) groups excluding carboxylic acids is 2. The highest BCUT2D eigenvalue weighted by atomic mass is 16.5. The van der Waals surface area contributed by atoms with Crippen molar-refractivity contribution in [2.24, 2.45) is 17.4 Å². The molecule has 2 rings (SSSR count). The number of rotatable bonds is 13. The molecule has 1 aliphatic carbocycles. The lowest BCUT2D eigenvalue weighted by Gasteiger charge is -2.30. The minimum atomic E-state index is -1.02. The van der Waals surface area contributed by atoms with E-state index in [0.717, 1.165) is 37.8 Å². The second kappa shape index (κ2) is 13.3. The second-order valence-corrected chi connectivity index (χ2v) is 11.6. The van der Waals surface area contributed by atoms with Gasteiger partial charge in [0, 0.05) is 11.2 Å². The van der Waals surface area contributed by atoms with Crippen molar-refractivity contribution in [1.29, 1.82) is 0 Å². The summed E-state index contributed by atoms with van der Waals surface area (Å²) in [5, 5.41) is 6.45. The number of nitrogens with one attached hydrogen (secondary N) is 2. The molecule has 1 aromatic rings. The van der Waals surface area contributed by atoms with Gasteiger partial charge in [-0.2, -0.15) is 0 Å². The van der Waals surface area contributed by atoms with E-state index >= 15 is 0 Å². The van der Waals surface area contributed by atoms with E-state index in [0.29, 0.717) is 36.8 Å². The molecule has 1 saturated carbocycles. The monoisotopic (exact) mass is 488 g/mol. The maximum Gasteiger partial charge on any atom is 0.255 e. The first-order valence-corrected chi connectivity index (χ1v) is 13.3. The molecule has 1 amide bonds. The summed E-state index contributed by atoms with van der Waals surface area (Å²) in [6.07, 6.45) is 9.19. The summed E-state index contributed by atoms with van der Waals surface area (Å²) >= 11 is 0. The predicted molar refractivity (Wildman–Crippen MR) is 144 cm³/mol. The van der Waals surface area contributed by atoms with Crippen LogP contribution in [0.3, 0.4) is 0 Å². The standard InChI is InChI=1S/C28H48N4O3/c1-27(2,3)32-21-14-15-24(35-17-11-7-10-16-29)22(19-21)26(34)31-23(25(33)28(4,5)30)18-20-12-8-6-9-13-20/h14-15,19-20,23,32H,6-13,16-18,29-30H2,1-5H3,(H,31,34). The molecule has 0 radical (unpaired) electrons. The smallest absolute Gasteiger partial charge is 0.255 e. The fourth-order valence-corrected chi connectivity index (χ4v) is 4.62. The number of hydrogen-bond acceptors (Lipinski definition) is 6. The van der Waals surface area contributed by atoms with Gasteiger partial charge >= 0.3 is 0 Å². The Morgan fingerprint density at radius 3 is 2.34 bits per heavy atom. The summed E-state index contributed by atoms with van der Waals surface area (Å²) in [7, 11) is 0. The van der Waals surface area contributed by atoms with Crippen LogP contribution in [0, 0.1) is 5.92 Å². The van der Waals surface area contributed by atoms with Gasteiger partial charge in [-0.1, -0.05) is 32.1 Å². The van der Waals surface area contributed by atoms with E-state index in [4.69, 9.17) is 16.2 Å². The van der Waals surface area contributed by atoms with Crippen LogP contribution in [0.4, 0.5) is 5.69 Å². The van der Waals surface area contributed by atoms with Crippen LogP contribution in [0.2, 0.25) is 0 Å². The van der Waals surface area contributed by atoms with E-state index in [1.807, 2.05) is 18.2 Å². The predicted octanol–water partition coefficient (Wildman–Crippen LogP) is 4.78. The summed E-state index contributed by atoms with van der Waals surface area (Å²) in [6, 6.07) is 4.94. The number of Topliss-reactive ketones (excluding diaryl/α,β-unsaturated/α-hetero) is 1. The van der Waals surface area contributed by atoms with Crippen LogP contribution in [0.15, 0.2) is 18.2 Å². The van der Waals surface area contributed by atoms with E-state index < -0.39 is 11.6 Å². The Morgan fingerprint density at radius 1 is 1.06 bits per heavy atom. The average molecular weight is 489 g/mol. The van der Waals surface area contributed by atoms with Crippen LogP contribution in [-0.4, -0.2) is 42.0 Å². The molecule has 1 aromatic carbocycles. The summed E-state index contributed by atoms with van der Waals surface area (Å²) in [6.45, 7) is 10.8. The van der Waals surface area contributed by atoms with Crippen molar-refractivity contribution >= 4 is 17.4 Å². The first kappa shape index (κ1) is 29.1. The van der Waals surface area contributed by atoms with Crippen molar-refractivity contribution in [1.82, 2.24) is 5.32 Å². The number of amides is 1. The molecule has 1 aliphatic rings. The molecule has 35 heavy (non-hydrogen) atoms. The molecule has 0 saturated heterocycles. The number of anilines is 1. The van der Waals surface area contributed by atoms with Gasteiger partial charge < -0.3 is 26.8 Å². The van der Waals surface area contributed by atoms with Gasteiger partial charge in [0.25, 0.3) is 5.91 Å². The molecule has 1 atom stereocenters. The largest absolute Gasteiger partial charge is 0.493 e. The Hall–Kier alpha value is -2.12. The van der Waals surface area contributed by atoms with Gasteiger partial charge in [0.1, 0.15) is 5.75 Å². The Labute approximate surface area is 212 Å². The Bertz CT molecular complexity index is 820. The highest BCUT2D eigenvalue weighted by Gasteiger charge is 2.34. The van der Waals surface area contributed by atoms with E-state index in [2.05, 4.69) is 31.4 Å². The van der Waals surface area contributed by atoms with Crippen LogP contribution < -0.4 is 26.8 Å². The molecule has 0 bridgehead atoms. The number of hydrogen-bond donors (Lipinski definition) is 4. The van der Waals surface area contributed by atoms with E-state index in [9.17, 15) is 9.59 Å². The van der Waals surface area contributed by atoms with Crippen molar-refractivity contribution in [2.75, 3.05) is 18.5 Å². The molecular weight excluding hydrogens is 440 g/mol. The fourth-order valence-electron chi connectivity index (χ4n) is 4.62. The molecule has 0 heterocycles. The summed E-state index contributed by atoms with van der Waals surface area (Å²) < 4.78 is 6.01.